The van der Waals surface area contributed by atoms with Crippen LogP contribution in [-0.2, 0) is 9.53 Å². The van der Waals surface area contributed by atoms with Crippen molar-refractivity contribution in [1.29, 1.82) is 5.26 Å². The molecule has 2 aromatic rings. The van der Waals surface area contributed by atoms with E-state index < -0.39 is 0 Å². The van der Waals surface area contributed by atoms with E-state index in [1.165, 1.54) is 0 Å². The maximum absolute atomic E-state index is 12.3. The summed E-state index contributed by atoms with van der Waals surface area (Å²) in [4.78, 5) is 14.4. The van der Waals surface area contributed by atoms with Crippen LogP contribution in [0.15, 0.2) is 48.5 Å². The SMILES string of the molecule is N#Cc1ccccc1OCC(=O)Nc1ccccc1N1CCOCC1. The highest BCUT2D eigenvalue weighted by molar-refractivity contribution is 5.95. The van der Waals surface area contributed by atoms with Gasteiger partial charge in [-0.15, -0.1) is 0 Å². The summed E-state index contributed by atoms with van der Waals surface area (Å²) in [5, 5.41) is 11.9. The monoisotopic (exact) mass is 337 g/mol. The van der Waals surface area contributed by atoms with Crippen LogP contribution >= 0.6 is 0 Å². The van der Waals surface area contributed by atoms with Gasteiger partial charge in [-0.3, -0.25) is 4.79 Å². The van der Waals surface area contributed by atoms with E-state index in [4.69, 9.17) is 14.7 Å². The minimum atomic E-state index is -0.270. The summed E-state index contributed by atoms with van der Waals surface area (Å²) < 4.78 is 10.9. The molecule has 6 heteroatoms. The number of ether oxygens (including phenoxy) is 2. The number of nitrogens with one attached hydrogen (secondary N) is 1. The molecule has 25 heavy (non-hydrogen) atoms. The highest BCUT2D eigenvalue weighted by Crippen LogP contribution is 2.26. The number of rotatable bonds is 5. The Kier molecular flexibility index (Phi) is 5.50. The molecular weight excluding hydrogens is 318 g/mol. The Bertz CT molecular complexity index is 779. The van der Waals surface area contributed by atoms with Crippen molar-refractivity contribution in [3.63, 3.8) is 0 Å². The van der Waals surface area contributed by atoms with Crippen molar-refractivity contribution in [3.8, 4) is 11.8 Å². The lowest BCUT2D eigenvalue weighted by Gasteiger charge is -2.30. The molecule has 3 rings (SSSR count). The van der Waals surface area contributed by atoms with E-state index in [1.54, 1.807) is 24.3 Å². The maximum Gasteiger partial charge on any atom is 0.262 e. The van der Waals surface area contributed by atoms with Crippen molar-refractivity contribution in [3.05, 3.63) is 54.1 Å². The number of hydrogen-bond acceptors (Lipinski definition) is 5. The van der Waals surface area contributed by atoms with Gasteiger partial charge in [0.2, 0.25) is 0 Å². The summed E-state index contributed by atoms with van der Waals surface area (Å²) in [5.41, 5.74) is 2.12. The second-order valence-corrected chi connectivity index (χ2v) is 5.56. The van der Waals surface area contributed by atoms with Gasteiger partial charge in [0.25, 0.3) is 5.91 Å². The first-order valence-corrected chi connectivity index (χ1v) is 8.11. The third-order valence-electron chi connectivity index (χ3n) is 3.90. The number of anilines is 2. The summed E-state index contributed by atoms with van der Waals surface area (Å²) in [6.07, 6.45) is 0. The van der Waals surface area contributed by atoms with E-state index in [1.807, 2.05) is 30.3 Å². The molecule has 0 atom stereocenters. The summed E-state index contributed by atoms with van der Waals surface area (Å²) in [6, 6.07) is 16.6. The van der Waals surface area contributed by atoms with E-state index in [-0.39, 0.29) is 12.5 Å². The average molecular weight is 337 g/mol. The van der Waals surface area contributed by atoms with E-state index in [0.717, 1.165) is 24.5 Å². The Hall–Kier alpha value is -3.04. The van der Waals surface area contributed by atoms with Crippen LogP contribution in [-0.4, -0.2) is 38.8 Å². The standard InChI is InChI=1S/C19H19N3O3/c20-13-15-5-1-4-8-18(15)25-14-19(23)21-16-6-2-3-7-17(16)22-9-11-24-12-10-22/h1-8H,9-12,14H2,(H,21,23). The topological polar surface area (TPSA) is 74.6 Å². The number of morpholine rings is 1. The summed E-state index contributed by atoms with van der Waals surface area (Å²) >= 11 is 0. The first-order chi connectivity index (χ1) is 12.3. The van der Waals surface area contributed by atoms with Crippen molar-refractivity contribution < 1.29 is 14.3 Å². The average Bonchev–Trinajstić information content (AvgIpc) is 2.67. The molecule has 1 N–H and O–H groups in total. The van der Waals surface area contributed by atoms with Crippen LogP contribution in [0.2, 0.25) is 0 Å². The molecule has 2 aromatic carbocycles. The smallest absolute Gasteiger partial charge is 0.262 e. The van der Waals surface area contributed by atoms with Gasteiger partial charge in [0.15, 0.2) is 6.61 Å². The normalized spacial score (nSPS) is 13.8. The molecule has 0 saturated carbocycles. The highest BCUT2D eigenvalue weighted by Gasteiger charge is 2.16. The number of carbonyl (C=O) groups excluding carboxylic acids is 1. The van der Waals surface area contributed by atoms with Crippen molar-refractivity contribution in [2.24, 2.45) is 0 Å². The van der Waals surface area contributed by atoms with Crippen LogP contribution in [0, 0.1) is 11.3 Å². The molecule has 1 aliphatic heterocycles. The second-order valence-electron chi connectivity index (χ2n) is 5.56. The zero-order valence-corrected chi connectivity index (χ0v) is 13.8. The number of carbonyl (C=O) groups is 1. The molecular formula is C19H19N3O3. The molecule has 1 saturated heterocycles. The van der Waals surface area contributed by atoms with Gasteiger partial charge in [-0.25, -0.2) is 0 Å². The molecule has 1 fully saturated rings. The van der Waals surface area contributed by atoms with Crippen LogP contribution in [0.5, 0.6) is 5.75 Å². The fourth-order valence-corrected chi connectivity index (χ4v) is 2.67. The Morgan fingerprint density at radius 3 is 2.68 bits per heavy atom. The molecule has 1 aliphatic rings. The third kappa shape index (κ3) is 4.28. The number of para-hydroxylation sites is 3. The van der Waals surface area contributed by atoms with E-state index in [2.05, 4.69) is 10.2 Å². The fraction of sp³-hybridized carbons (Fsp3) is 0.263. The molecule has 128 valence electrons. The van der Waals surface area contributed by atoms with E-state index in [9.17, 15) is 4.79 Å². The predicted molar refractivity (Wildman–Crippen MR) is 94.8 cm³/mol. The van der Waals surface area contributed by atoms with Crippen molar-refractivity contribution in [1.82, 2.24) is 0 Å². The van der Waals surface area contributed by atoms with Crippen LogP contribution in [0.4, 0.5) is 11.4 Å². The van der Waals surface area contributed by atoms with E-state index in [0.29, 0.717) is 24.5 Å². The van der Waals surface area contributed by atoms with Crippen LogP contribution in [0.1, 0.15) is 5.56 Å². The summed E-state index contributed by atoms with van der Waals surface area (Å²) in [6.45, 7) is 2.78. The van der Waals surface area contributed by atoms with Gasteiger partial charge < -0.3 is 19.7 Å². The molecule has 1 heterocycles. The number of benzene rings is 2. The van der Waals surface area contributed by atoms with Crippen molar-refractivity contribution in [2.75, 3.05) is 43.1 Å². The molecule has 0 spiro atoms. The van der Waals surface area contributed by atoms with Gasteiger partial charge in [-0.05, 0) is 24.3 Å². The van der Waals surface area contributed by atoms with Gasteiger partial charge in [-0.1, -0.05) is 24.3 Å². The molecule has 0 bridgehead atoms. The largest absolute Gasteiger partial charge is 0.482 e. The molecule has 1 amide bonds. The lowest BCUT2D eigenvalue weighted by atomic mass is 10.2. The molecule has 6 nitrogen and oxygen atoms in total. The number of hydrogen-bond donors (Lipinski definition) is 1. The third-order valence-corrected chi connectivity index (χ3v) is 3.90. The number of nitriles is 1. The van der Waals surface area contributed by atoms with Crippen LogP contribution in [0.25, 0.3) is 0 Å². The molecule has 0 aliphatic carbocycles. The fourth-order valence-electron chi connectivity index (χ4n) is 2.67. The predicted octanol–water partition coefficient (Wildman–Crippen LogP) is 2.41. The Balaban J connectivity index is 1.64. The summed E-state index contributed by atoms with van der Waals surface area (Å²) in [5.74, 6) is 0.134. The van der Waals surface area contributed by atoms with Gasteiger partial charge in [-0.2, -0.15) is 5.26 Å². The highest BCUT2D eigenvalue weighted by atomic mass is 16.5. The molecule has 0 aromatic heterocycles. The first kappa shape index (κ1) is 16.8. The van der Waals surface area contributed by atoms with Crippen molar-refractivity contribution in [2.45, 2.75) is 0 Å². The second kappa shape index (κ2) is 8.18. The van der Waals surface area contributed by atoms with Crippen LogP contribution in [0.3, 0.4) is 0 Å². The maximum atomic E-state index is 12.3. The lowest BCUT2D eigenvalue weighted by molar-refractivity contribution is -0.118. The van der Waals surface area contributed by atoms with Crippen molar-refractivity contribution >= 4 is 17.3 Å². The summed E-state index contributed by atoms with van der Waals surface area (Å²) in [7, 11) is 0. The van der Waals surface area contributed by atoms with Gasteiger partial charge >= 0.3 is 0 Å². The molecule has 0 radical (unpaired) electrons. The Labute approximate surface area is 146 Å². The minimum absolute atomic E-state index is 0.157. The molecule has 0 unspecified atom stereocenters. The quantitative estimate of drug-likeness (QED) is 0.907. The van der Waals surface area contributed by atoms with Gasteiger partial charge in [0.05, 0.1) is 30.2 Å². The minimum Gasteiger partial charge on any atom is -0.482 e. The zero-order valence-electron chi connectivity index (χ0n) is 13.8. The Morgan fingerprint density at radius 1 is 1.16 bits per heavy atom. The van der Waals surface area contributed by atoms with Gasteiger partial charge in [0.1, 0.15) is 11.8 Å². The first-order valence-electron chi connectivity index (χ1n) is 8.11. The number of amides is 1. The lowest BCUT2D eigenvalue weighted by Crippen LogP contribution is -2.37. The van der Waals surface area contributed by atoms with Crippen LogP contribution < -0.4 is 15.0 Å². The zero-order chi connectivity index (χ0) is 17.5. The van der Waals surface area contributed by atoms with Gasteiger partial charge in [0, 0.05) is 13.1 Å². The Morgan fingerprint density at radius 2 is 1.88 bits per heavy atom. The number of nitrogens with zero attached hydrogens (tertiary/aromatic N) is 2. The van der Waals surface area contributed by atoms with E-state index >= 15 is 0 Å².